The topological polar surface area (TPSA) is 96.3 Å². The van der Waals surface area contributed by atoms with Crippen LogP contribution in [0.5, 0.6) is 11.5 Å². The Bertz CT molecular complexity index is 933. The smallest absolute Gasteiger partial charge is 0.295 e. The monoisotopic (exact) mass is 411 g/mol. The summed E-state index contributed by atoms with van der Waals surface area (Å²) in [5.41, 5.74) is 1.10. The number of aliphatic hydroxyl groups excluding tert-OH is 2. The molecule has 7 heteroatoms. The van der Waals surface area contributed by atoms with E-state index in [2.05, 4.69) is 0 Å². The van der Waals surface area contributed by atoms with Crippen LogP contribution in [0.15, 0.2) is 54.1 Å². The van der Waals surface area contributed by atoms with Crippen LogP contribution in [0.4, 0.5) is 0 Å². The van der Waals surface area contributed by atoms with Crippen LogP contribution in [0.2, 0.25) is 0 Å². The Labute approximate surface area is 175 Å². The number of likely N-dealkylation sites (tertiary alicyclic amines) is 1. The number of hydrogen-bond acceptors (Lipinski definition) is 6. The van der Waals surface area contributed by atoms with Gasteiger partial charge in [-0.15, -0.1) is 0 Å². The summed E-state index contributed by atoms with van der Waals surface area (Å²) in [6, 6.07) is 12.9. The van der Waals surface area contributed by atoms with Crippen molar-refractivity contribution < 1.29 is 29.3 Å². The quantitative estimate of drug-likeness (QED) is 0.394. The van der Waals surface area contributed by atoms with Gasteiger partial charge in [-0.25, -0.2) is 0 Å². The zero-order chi connectivity index (χ0) is 21.7. The first-order valence-electron chi connectivity index (χ1n) is 9.78. The van der Waals surface area contributed by atoms with E-state index in [-0.39, 0.29) is 24.5 Å². The Morgan fingerprint density at radius 2 is 1.67 bits per heavy atom. The fourth-order valence-corrected chi connectivity index (χ4v) is 3.52. The maximum Gasteiger partial charge on any atom is 0.295 e. The molecule has 30 heavy (non-hydrogen) atoms. The number of nitrogens with zero attached hydrogens (tertiary/aromatic N) is 1. The second kappa shape index (κ2) is 9.45. The minimum absolute atomic E-state index is 0.0206. The molecule has 0 aliphatic carbocycles. The van der Waals surface area contributed by atoms with E-state index in [1.54, 1.807) is 55.6 Å². The van der Waals surface area contributed by atoms with E-state index < -0.39 is 17.7 Å². The van der Waals surface area contributed by atoms with Gasteiger partial charge in [-0.1, -0.05) is 12.1 Å². The van der Waals surface area contributed by atoms with Gasteiger partial charge < -0.3 is 24.6 Å². The molecule has 1 fully saturated rings. The van der Waals surface area contributed by atoms with Gasteiger partial charge in [-0.05, 0) is 55.3 Å². The van der Waals surface area contributed by atoms with E-state index >= 15 is 0 Å². The van der Waals surface area contributed by atoms with Crippen LogP contribution >= 0.6 is 0 Å². The number of benzene rings is 2. The summed E-state index contributed by atoms with van der Waals surface area (Å²) in [7, 11) is 1.55. The number of hydrogen-bond donors (Lipinski definition) is 2. The Morgan fingerprint density at radius 1 is 1.03 bits per heavy atom. The van der Waals surface area contributed by atoms with E-state index in [0.29, 0.717) is 35.7 Å². The zero-order valence-electron chi connectivity index (χ0n) is 17.0. The summed E-state index contributed by atoms with van der Waals surface area (Å²) >= 11 is 0. The first-order valence-corrected chi connectivity index (χ1v) is 9.78. The molecule has 1 aliphatic rings. The standard InChI is InChI=1S/C23H25NO6/c1-3-30-18-11-7-16(8-12-18)21(26)19-20(15-5-9-17(29-2)10-6-15)24(13-4-14-25)23(28)22(19)27/h5-12,20,25-26H,3-4,13-14H2,1-2H3/t20-/m1/s1. The number of rotatable bonds is 8. The molecular weight excluding hydrogens is 386 g/mol. The summed E-state index contributed by atoms with van der Waals surface area (Å²) in [5.74, 6) is -0.415. The summed E-state index contributed by atoms with van der Waals surface area (Å²) in [6.07, 6.45) is 0.322. The molecule has 1 atom stereocenters. The lowest BCUT2D eigenvalue weighted by atomic mass is 9.95. The first-order chi connectivity index (χ1) is 14.5. The lowest BCUT2D eigenvalue weighted by Gasteiger charge is -2.25. The van der Waals surface area contributed by atoms with E-state index in [9.17, 15) is 19.8 Å². The van der Waals surface area contributed by atoms with Crippen molar-refractivity contribution in [1.82, 2.24) is 4.90 Å². The van der Waals surface area contributed by atoms with Crippen LogP contribution in [-0.2, 0) is 9.59 Å². The Hall–Kier alpha value is -3.32. The Morgan fingerprint density at radius 3 is 2.23 bits per heavy atom. The molecule has 1 amide bonds. The molecule has 2 aromatic carbocycles. The largest absolute Gasteiger partial charge is 0.507 e. The summed E-state index contributed by atoms with van der Waals surface area (Å²) in [5, 5.41) is 20.2. The number of carbonyl (C=O) groups is 2. The minimum atomic E-state index is -0.756. The van der Waals surface area contributed by atoms with Crippen molar-refractivity contribution in [2.24, 2.45) is 0 Å². The van der Waals surface area contributed by atoms with Crippen molar-refractivity contribution in [1.29, 1.82) is 0 Å². The second-order valence-electron chi connectivity index (χ2n) is 6.80. The number of ether oxygens (including phenoxy) is 2. The van der Waals surface area contributed by atoms with Crippen LogP contribution in [0.1, 0.15) is 30.5 Å². The minimum Gasteiger partial charge on any atom is -0.507 e. The van der Waals surface area contributed by atoms with E-state index in [1.807, 2.05) is 6.92 Å². The first kappa shape index (κ1) is 21.4. The van der Waals surface area contributed by atoms with Gasteiger partial charge in [0.25, 0.3) is 11.7 Å². The third-order valence-corrected chi connectivity index (χ3v) is 4.97. The third kappa shape index (κ3) is 4.16. The van der Waals surface area contributed by atoms with Gasteiger partial charge in [-0.2, -0.15) is 0 Å². The molecule has 1 heterocycles. The predicted molar refractivity (Wildman–Crippen MR) is 111 cm³/mol. The van der Waals surface area contributed by atoms with Crippen LogP contribution < -0.4 is 9.47 Å². The average Bonchev–Trinajstić information content (AvgIpc) is 3.02. The Kier molecular flexibility index (Phi) is 6.74. The summed E-state index contributed by atoms with van der Waals surface area (Å²) in [6.45, 7) is 2.46. The molecule has 1 saturated heterocycles. The highest BCUT2D eigenvalue weighted by Gasteiger charge is 2.45. The molecule has 0 saturated carbocycles. The molecular formula is C23H25NO6. The molecule has 3 rings (SSSR count). The lowest BCUT2D eigenvalue weighted by molar-refractivity contribution is -0.140. The van der Waals surface area contributed by atoms with Crippen LogP contribution in [0, 0.1) is 0 Å². The van der Waals surface area contributed by atoms with Crippen LogP contribution in [0.25, 0.3) is 5.76 Å². The predicted octanol–water partition coefficient (Wildman–Crippen LogP) is 2.90. The number of ketones is 1. The van der Waals surface area contributed by atoms with Crippen LogP contribution in [-0.4, -0.2) is 53.7 Å². The Balaban J connectivity index is 2.08. The molecule has 2 N–H and O–H groups in total. The number of methoxy groups -OCH3 is 1. The highest BCUT2D eigenvalue weighted by Crippen LogP contribution is 2.40. The second-order valence-corrected chi connectivity index (χ2v) is 6.80. The average molecular weight is 411 g/mol. The van der Waals surface area contributed by atoms with Crippen molar-refractivity contribution in [3.05, 3.63) is 65.2 Å². The lowest BCUT2D eigenvalue weighted by Crippen LogP contribution is -2.31. The van der Waals surface area contributed by atoms with Crippen molar-refractivity contribution >= 4 is 17.4 Å². The van der Waals surface area contributed by atoms with E-state index in [0.717, 1.165) is 0 Å². The van der Waals surface area contributed by atoms with E-state index in [4.69, 9.17) is 9.47 Å². The highest BCUT2D eigenvalue weighted by atomic mass is 16.5. The van der Waals surface area contributed by atoms with Gasteiger partial charge in [0.2, 0.25) is 0 Å². The molecule has 0 bridgehead atoms. The number of carbonyl (C=O) groups excluding carboxylic acids is 2. The van der Waals surface area contributed by atoms with Gasteiger partial charge in [0.1, 0.15) is 17.3 Å². The molecule has 158 valence electrons. The van der Waals surface area contributed by atoms with Gasteiger partial charge >= 0.3 is 0 Å². The maximum atomic E-state index is 12.8. The van der Waals surface area contributed by atoms with E-state index in [1.165, 1.54) is 4.90 Å². The van der Waals surface area contributed by atoms with Gasteiger partial charge in [-0.3, -0.25) is 9.59 Å². The molecule has 0 spiro atoms. The fraction of sp³-hybridized carbons (Fsp3) is 0.304. The molecule has 0 aromatic heterocycles. The molecule has 7 nitrogen and oxygen atoms in total. The van der Waals surface area contributed by atoms with Crippen molar-refractivity contribution in [2.75, 3.05) is 26.9 Å². The SMILES string of the molecule is CCOc1ccc(C(O)=C2C(=O)C(=O)N(CCCO)[C@@H]2c2ccc(OC)cc2)cc1. The third-order valence-electron chi connectivity index (χ3n) is 4.97. The highest BCUT2D eigenvalue weighted by molar-refractivity contribution is 6.46. The van der Waals surface area contributed by atoms with Crippen molar-refractivity contribution in [2.45, 2.75) is 19.4 Å². The number of Topliss-reactive ketones (excluding diaryl/α,β-unsaturated/α-hetero) is 1. The molecule has 0 unspecified atom stereocenters. The summed E-state index contributed by atoms with van der Waals surface area (Å²) in [4.78, 5) is 26.9. The van der Waals surface area contributed by atoms with Crippen molar-refractivity contribution in [3.63, 3.8) is 0 Å². The molecule has 2 aromatic rings. The van der Waals surface area contributed by atoms with Gasteiger partial charge in [0.15, 0.2) is 0 Å². The van der Waals surface area contributed by atoms with Gasteiger partial charge in [0, 0.05) is 18.7 Å². The molecule has 1 aliphatic heterocycles. The van der Waals surface area contributed by atoms with Crippen molar-refractivity contribution in [3.8, 4) is 11.5 Å². The molecule has 0 radical (unpaired) electrons. The summed E-state index contributed by atoms with van der Waals surface area (Å²) < 4.78 is 10.6. The van der Waals surface area contributed by atoms with Gasteiger partial charge in [0.05, 0.1) is 25.3 Å². The number of aliphatic hydroxyl groups is 2. The maximum absolute atomic E-state index is 12.8. The van der Waals surface area contributed by atoms with Crippen LogP contribution in [0.3, 0.4) is 0 Å². The normalized spacial score (nSPS) is 18.0. The zero-order valence-corrected chi connectivity index (χ0v) is 17.0. The number of amides is 1. The fourth-order valence-electron chi connectivity index (χ4n) is 3.52.